The van der Waals surface area contributed by atoms with Crippen molar-refractivity contribution < 1.29 is 4.79 Å². The number of hydrogen-bond donors (Lipinski definition) is 1. The van der Waals surface area contributed by atoms with Crippen molar-refractivity contribution in [3.8, 4) is 10.6 Å². The Balaban J connectivity index is 1.61. The molecular formula is C19H20N4OS. The molecule has 1 fully saturated rings. The van der Waals surface area contributed by atoms with E-state index in [-0.39, 0.29) is 11.9 Å². The molecule has 0 radical (unpaired) electrons. The number of nitrogens with zero attached hydrogens (tertiary/aromatic N) is 3. The Morgan fingerprint density at radius 3 is 2.80 bits per heavy atom. The zero-order chi connectivity index (χ0) is 17.2. The monoisotopic (exact) mass is 352 g/mol. The first-order chi connectivity index (χ1) is 12.2. The van der Waals surface area contributed by atoms with Gasteiger partial charge in [-0.2, -0.15) is 5.10 Å². The summed E-state index contributed by atoms with van der Waals surface area (Å²) in [5.74, 6) is -0.0130. The third kappa shape index (κ3) is 3.23. The predicted octanol–water partition coefficient (Wildman–Crippen LogP) is 3.27. The molecule has 1 aliphatic rings. The number of likely N-dealkylation sites (N-methyl/N-ethyl adjacent to an activating group) is 1. The van der Waals surface area contributed by atoms with Crippen molar-refractivity contribution in [3.05, 3.63) is 65.2 Å². The van der Waals surface area contributed by atoms with Gasteiger partial charge in [0.2, 0.25) is 0 Å². The van der Waals surface area contributed by atoms with Crippen LogP contribution in [0, 0.1) is 0 Å². The van der Waals surface area contributed by atoms with E-state index >= 15 is 0 Å². The van der Waals surface area contributed by atoms with Crippen molar-refractivity contribution in [2.45, 2.75) is 6.04 Å². The van der Waals surface area contributed by atoms with Crippen molar-refractivity contribution in [1.82, 2.24) is 20.0 Å². The van der Waals surface area contributed by atoms with Crippen LogP contribution in [0.1, 0.15) is 22.1 Å². The molecule has 0 bridgehead atoms. The topological polar surface area (TPSA) is 52.2 Å². The van der Waals surface area contributed by atoms with Crippen LogP contribution in [-0.4, -0.2) is 52.6 Å². The van der Waals surface area contributed by atoms with Gasteiger partial charge in [0.1, 0.15) is 0 Å². The SMILES string of the molecule is CN1CCN(C(=O)c2cc(-c3cccs3)[nH]n2)C(c2ccccc2)C1. The van der Waals surface area contributed by atoms with Gasteiger partial charge in [-0.1, -0.05) is 36.4 Å². The maximum atomic E-state index is 13.1. The highest BCUT2D eigenvalue weighted by atomic mass is 32.1. The third-order valence-electron chi connectivity index (χ3n) is 4.61. The van der Waals surface area contributed by atoms with Crippen molar-refractivity contribution in [3.63, 3.8) is 0 Å². The third-order valence-corrected chi connectivity index (χ3v) is 5.52. The highest BCUT2D eigenvalue weighted by Crippen LogP contribution is 2.28. The Kier molecular flexibility index (Phi) is 4.38. The molecule has 0 aliphatic carbocycles. The summed E-state index contributed by atoms with van der Waals surface area (Å²) in [7, 11) is 2.10. The van der Waals surface area contributed by atoms with Crippen LogP contribution in [0.4, 0.5) is 0 Å². The van der Waals surface area contributed by atoms with Crippen molar-refractivity contribution in [2.75, 3.05) is 26.7 Å². The van der Waals surface area contributed by atoms with Gasteiger partial charge in [0.25, 0.3) is 5.91 Å². The second-order valence-electron chi connectivity index (χ2n) is 6.33. The number of H-pyrrole nitrogens is 1. The molecular weight excluding hydrogens is 332 g/mol. The summed E-state index contributed by atoms with van der Waals surface area (Å²) >= 11 is 1.63. The summed E-state index contributed by atoms with van der Waals surface area (Å²) in [6.45, 7) is 2.41. The summed E-state index contributed by atoms with van der Waals surface area (Å²) in [4.78, 5) is 18.4. The van der Waals surface area contributed by atoms with E-state index in [0.717, 1.165) is 29.2 Å². The minimum absolute atomic E-state index is 0.0130. The predicted molar refractivity (Wildman–Crippen MR) is 99.6 cm³/mol. The zero-order valence-corrected chi connectivity index (χ0v) is 14.9. The molecule has 2 aromatic heterocycles. The van der Waals surface area contributed by atoms with Gasteiger partial charge in [0.15, 0.2) is 5.69 Å². The van der Waals surface area contributed by atoms with Crippen LogP contribution in [0.15, 0.2) is 53.9 Å². The van der Waals surface area contributed by atoms with E-state index in [1.165, 1.54) is 0 Å². The molecule has 0 spiro atoms. The summed E-state index contributed by atoms with van der Waals surface area (Å²) in [6, 6.07) is 16.2. The van der Waals surface area contributed by atoms with Gasteiger partial charge in [-0.3, -0.25) is 9.89 Å². The van der Waals surface area contributed by atoms with Gasteiger partial charge in [-0.25, -0.2) is 0 Å². The van der Waals surface area contributed by atoms with E-state index in [1.54, 1.807) is 11.3 Å². The van der Waals surface area contributed by atoms with Gasteiger partial charge in [-0.15, -0.1) is 11.3 Å². The van der Waals surface area contributed by atoms with Gasteiger partial charge in [0.05, 0.1) is 16.6 Å². The minimum atomic E-state index is -0.0130. The number of carbonyl (C=O) groups excluding carboxylic acids is 1. The fourth-order valence-corrected chi connectivity index (χ4v) is 3.95. The molecule has 1 aliphatic heterocycles. The average molecular weight is 352 g/mol. The van der Waals surface area contributed by atoms with Crippen LogP contribution in [0.25, 0.3) is 10.6 Å². The molecule has 5 nitrogen and oxygen atoms in total. The molecule has 3 aromatic rings. The Bertz CT molecular complexity index is 843. The molecule has 3 heterocycles. The Hall–Kier alpha value is -2.44. The molecule has 25 heavy (non-hydrogen) atoms. The lowest BCUT2D eigenvalue weighted by atomic mass is 10.0. The van der Waals surface area contributed by atoms with Crippen LogP contribution >= 0.6 is 11.3 Å². The van der Waals surface area contributed by atoms with Crippen molar-refractivity contribution >= 4 is 17.2 Å². The van der Waals surface area contributed by atoms with Crippen LogP contribution in [0.2, 0.25) is 0 Å². The number of aromatic nitrogens is 2. The molecule has 6 heteroatoms. The highest BCUT2D eigenvalue weighted by Gasteiger charge is 2.31. The zero-order valence-electron chi connectivity index (χ0n) is 14.1. The number of aromatic amines is 1. The quantitative estimate of drug-likeness (QED) is 0.787. The molecule has 1 saturated heterocycles. The number of thiophene rings is 1. The largest absolute Gasteiger partial charge is 0.328 e. The molecule has 1 unspecified atom stereocenters. The van der Waals surface area contributed by atoms with E-state index in [9.17, 15) is 4.79 Å². The van der Waals surface area contributed by atoms with E-state index in [1.807, 2.05) is 46.7 Å². The van der Waals surface area contributed by atoms with Crippen molar-refractivity contribution in [1.29, 1.82) is 0 Å². The molecule has 1 amide bonds. The van der Waals surface area contributed by atoms with Gasteiger partial charge in [0, 0.05) is 19.6 Å². The van der Waals surface area contributed by atoms with Gasteiger partial charge >= 0.3 is 0 Å². The first-order valence-corrected chi connectivity index (χ1v) is 9.24. The maximum absolute atomic E-state index is 13.1. The second kappa shape index (κ2) is 6.82. The average Bonchev–Trinajstić information content (AvgIpc) is 3.33. The second-order valence-corrected chi connectivity index (χ2v) is 7.28. The van der Waals surface area contributed by atoms with E-state index < -0.39 is 0 Å². The smallest absolute Gasteiger partial charge is 0.274 e. The number of amides is 1. The van der Waals surface area contributed by atoms with Crippen molar-refractivity contribution in [2.24, 2.45) is 0 Å². The number of nitrogens with one attached hydrogen (secondary N) is 1. The fraction of sp³-hybridized carbons (Fsp3) is 0.263. The lowest BCUT2D eigenvalue weighted by Crippen LogP contribution is -2.49. The highest BCUT2D eigenvalue weighted by molar-refractivity contribution is 7.13. The summed E-state index contributed by atoms with van der Waals surface area (Å²) < 4.78 is 0. The molecule has 1 atom stereocenters. The van der Waals surface area contributed by atoms with Crippen LogP contribution in [0.5, 0.6) is 0 Å². The molecule has 0 saturated carbocycles. The summed E-state index contributed by atoms with van der Waals surface area (Å²) in [6.07, 6.45) is 0. The van der Waals surface area contributed by atoms with Gasteiger partial charge in [-0.05, 0) is 30.1 Å². The number of hydrogen-bond acceptors (Lipinski definition) is 4. The number of piperazine rings is 1. The lowest BCUT2D eigenvalue weighted by Gasteiger charge is -2.40. The molecule has 1 aromatic carbocycles. The minimum Gasteiger partial charge on any atom is -0.328 e. The first-order valence-electron chi connectivity index (χ1n) is 8.36. The Morgan fingerprint density at radius 1 is 1.20 bits per heavy atom. The van der Waals surface area contributed by atoms with Crippen LogP contribution < -0.4 is 0 Å². The summed E-state index contributed by atoms with van der Waals surface area (Å²) in [5.41, 5.74) is 2.54. The summed E-state index contributed by atoms with van der Waals surface area (Å²) in [5, 5.41) is 9.28. The molecule has 4 rings (SSSR count). The van der Waals surface area contributed by atoms with E-state index in [0.29, 0.717) is 12.2 Å². The lowest BCUT2D eigenvalue weighted by molar-refractivity contribution is 0.0492. The van der Waals surface area contributed by atoms with Gasteiger partial charge < -0.3 is 9.80 Å². The van der Waals surface area contributed by atoms with E-state index in [4.69, 9.17) is 0 Å². The molecule has 1 N–H and O–H groups in total. The van der Waals surface area contributed by atoms with Crippen LogP contribution in [-0.2, 0) is 0 Å². The fourth-order valence-electron chi connectivity index (χ4n) is 3.26. The first kappa shape index (κ1) is 16.1. The number of benzene rings is 1. The van der Waals surface area contributed by atoms with E-state index in [2.05, 4.69) is 34.3 Å². The maximum Gasteiger partial charge on any atom is 0.274 e. The Morgan fingerprint density at radius 2 is 2.04 bits per heavy atom. The van der Waals surface area contributed by atoms with Crippen LogP contribution in [0.3, 0.4) is 0 Å². The normalized spacial score (nSPS) is 18.4. The standard InChI is InChI=1S/C19H20N4OS/c1-22-9-10-23(17(13-22)14-6-3-2-4-7-14)19(24)16-12-15(20-21-16)18-8-5-11-25-18/h2-8,11-12,17H,9-10,13H2,1H3,(H,20,21). The molecule has 128 valence electrons. The Labute approximate surface area is 150 Å². The number of carbonyl (C=O) groups is 1. The number of rotatable bonds is 3.